The first-order valence-electron chi connectivity index (χ1n) is 8.43. The third-order valence-electron chi connectivity index (χ3n) is 4.54. The molecule has 1 unspecified atom stereocenters. The molecule has 2 aromatic rings. The Bertz CT molecular complexity index is 794. The minimum Gasteiger partial charge on any atom is -0.368 e. The Labute approximate surface area is 172 Å². The highest BCUT2D eigenvalue weighted by Crippen LogP contribution is 2.23. The van der Waals surface area contributed by atoms with Crippen LogP contribution in [0.4, 0.5) is 5.69 Å². The normalized spacial score (nSPS) is 15.8. The lowest BCUT2D eigenvalue weighted by Crippen LogP contribution is -2.53. The summed E-state index contributed by atoms with van der Waals surface area (Å²) in [6, 6.07) is 12.8. The molecule has 0 radical (unpaired) electrons. The van der Waals surface area contributed by atoms with Crippen molar-refractivity contribution < 1.29 is 4.79 Å². The Morgan fingerprint density at radius 2 is 1.85 bits per heavy atom. The molecule has 0 bridgehead atoms. The van der Waals surface area contributed by atoms with Crippen LogP contribution in [0.2, 0.25) is 10.0 Å². The number of piperazine rings is 1. The molecule has 1 heterocycles. The van der Waals surface area contributed by atoms with Crippen LogP contribution in [0, 0.1) is 0 Å². The lowest BCUT2D eigenvalue weighted by Gasteiger charge is -2.37. The van der Waals surface area contributed by atoms with Crippen LogP contribution < -0.4 is 10.6 Å². The molecule has 4 nitrogen and oxygen atoms in total. The fourth-order valence-electron chi connectivity index (χ4n) is 3.10. The number of benzene rings is 2. The van der Waals surface area contributed by atoms with Crippen molar-refractivity contribution in [1.82, 2.24) is 4.90 Å². The van der Waals surface area contributed by atoms with Crippen molar-refractivity contribution in [2.45, 2.75) is 12.5 Å². The van der Waals surface area contributed by atoms with Crippen LogP contribution >= 0.6 is 39.1 Å². The fourth-order valence-corrected chi connectivity index (χ4v) is 3.98. The molecule has 2 aromatic carbocycles. The van der Waals surface area contributed by atoms with Gasteiger partial charge < -0.3 is 15.5 Å². The van der Waals surface area contributed by atoms with Gasteiger partial charge in [0.2, 0.25) is 5.91 Å². The molecule has 0 saturated carbocycles. The van der Waals surface area contributed by atoms with Gasteiger partial charge in [0.25, 0.3) is 0 Å². The second kappa shape index (κ2) is 8.61. The van der Waals surface area contributed by atoms with Crippen LogP contribution in [-0.2, 0) is 11.2 Å². The van der Waals surface area contributed by atoms with Crippen LogP contribution in [0.25, 0.3) is 0 Å². The first-order chi connectivity index (χ1) is 12.4. The summed E-state index contributed by atoms with van der Waals surface area (Å²) in [5, 5.41) is 1.11. The van der Waals surface area contributed by atoms with Crippen LogP contribution in [0.3, 0.4) is 0 Å². The van der Waals surface area contributed by atoms with Crippen LogP contribution in [-0.4, -0.2) is 43.0 Å². The first-order valence-corrected chi connectivity index (χ1v) is 9.98. The van der Waals surface area contributed by atoms with E-state index >= 15 is 0 Å². The summed E-state index contributed by atoms with van der Waals surface area (Å²) in [6.45, 7) is 2.90. The van der Waals surface area contributed by atoms with E-state index in [1.54, 1.807) is 12.1 Å². The number of nitrogens with two attached hydrogens (primary N) is 1. The number of halogens is 3. The number of carbonyl (C=O) groups excluding carboxylic acids is 1. The van der Waals surface area contributed by atoms with Gasteiger partial charge in [0.1, 0.15) is 0 Å². The van der Waals surface area contributed by atoms with Gasteiger partial charge >= 0.3 is 0 Å². The molecular formula is C19H20BrCl2N3O. The van der Waals surface area contributed by atoms with Gasteiger partial charge in [-0.15, -0.1) is 0 Å². The summed E-state index contributed by atoms with van der Waals surface area (Å²) in [5.74, 6) is -0.0371. The van der Waals surface area contributed by atoms with Gasteiger partial charge in [-0.1, -0.05) is 51.3 Å². The highest BCUT2D eigenvalue weighted by atomic mass is 79.9. The number of nitrogens with zero attached hydrogens (tertiary/aromatic N) is 2. The van der Waals surface area contributed by atoms with Gasteiger partial charge in [0.15, 0.2) is 0 Å². The summed E-state index contributed by atoms with van der Waals surface area (Å²) in [6.07, 6.45) is 0.403. The standard InChI is InChI=1S/C19H20BrCl2N3O/c20-14-2-1-3-16(11-14)24-6-8-25(9-7-24)19(26)18(23)10-13-4-5-15(21)12-17(13)22/h1-5,11-12,18H,6-10,23H2. The van der Waals surface area contributed by atoms with E-state index in [1.165, 1.54) is 0 Å². The van der Waals surface area contributed by atoms with E-state index < -0.39 is 6.04 Å². The van der Waals surface area contributed by atoms with E-state index in [-0.39, 0.29) is 5.91 Å². The quantitative estimate of drug-likeness (QED) is 0.756. The highest BCUT2D eigenvalue weighted by Gasteiger charge is 2.26. The smallest absolute Gasteiger partial charge is 0.239 e. The van der Waals surface area contributed by atoms with E-state index in [9.17, 15) is 4.79 Å². The van der Waals surface area contributed by atoms with Crippen molar-refractivity contribution in [3.63, 3.8) is 0 Å². The molecule has 1 fully saturated rings. The molecule has 2 N–H and O–H groups in total. The number of anilines is 1. The second-order valence-electron chi connectivity index (χ2n) is 6.34. The molecule has 0 spiro atoms. The molecule has 0 aromatic heterocycles. The summed E-state index contributed by atoms with van der Waals surface area (Å²) >= 11 is 15.6. The average molecular weight is 457 g/mol. The second-order valence-corrected chi connectivity index (χ2v) is 8.10. The first kappa shape index (κ1) is 19.5. The third-order valence-corrected chi connectivity index (χ3v) is 5.62. The number of carbonyl (C=O) groups is 1. The molecule has 7 heteroatoms. The molecule has 138 valence electrons. The van der Waals surface area contributed by atoms with E-state index in [0.29, 0.717) is 29.6 Å². The number of amides is 1. The topological polar surface area (TPSA) is 49.6 Å². The largest absolute Gasteiger partial charge is 0.368 e. The summed E-state index contributed by atoms with van der Waals surface area (Å²) < 4.78 is 1.05. The predicted octanol–water partition coefficient (Wildman–Crippen LogP) is 3.97. The van der Waals surface area contributed by atoms with Crippen molar-refractivity contribution in [2.24, 2.45) is 5.73 Å². The van der Waals surface area contributed by atoms with Gasteiger partial charge in [-0.2, -0.15) is 0 Å². The minimum atomic E-state index is -0.605. The highest BCUT2D eigenvalue weighted by molar-refractivity contribution is 9.10. The van der Waals surface area contributed by atoms with Crippen LogP contribution in [0.1, 0.15) is 5.56 Å². The number of hydrogen-bond acceptors (Lipinski definition) is 3. The van der Waals surface area contributed by atoms with Crippen molar-refractivity contribution >= 4 is 50.7 Å². The Balaban J connectivity index is 1.57. The Morgan fingerprint density at radius 1 is 1.12 bits per heavy atom. The minimum absolute atomic E-state index is 0.0371. The Morgan fingerprint density at radius 3 is 2.50 bits per heavy atom. The van der Waals surface area contributed by atoms with Crippen LogP contribution in [0.15, 0.2) is 46.9 Å². The SMILES string of the molecule is NC(Cc1ccc(Cl)cc1Cl)C(=O)N1CCN(c2cccc(Br)c2)CC1. The average Bonchev–Trinajstić information content (AvgIpc) is 2.63. The molecule has 0 aliphatic carbocycles. The maximum atomic E-state index is 12.7. The van der Waals surface area contributed by atoms with Gasteiger partial charge in [-0.25, -0.2) is 0 Å². The summed E-state index contributed by atoms with van der Waals surface area (Å²) in [5.41, 5.74) is 8.14. The van der Waals surface area contributed by atoms with Crippen molar-refractivity contribution in [3.8, 4) is 0 Å². The van der Waals surface area contributed by atoms with Gasteiger partial charge in [0, 0.05) is 46.4 Å². The van der Waals surface area contributed by atoms with E-state index in [4.69, 9.17) is 28.9 Å². The lowest BCUT2D eigenvalue weighted by molar-refractivity contribution is -0.132. The van der Waals surface area contributed by atoms with E-state index in [2.05, 4.69) is 33.0 Å². The van der Waals surface area contributed by atoms with Gasteiger partial charge in [0.05, 0.1) is 6.04 Å². The molecule has 26 heavy (non-hydrogen) atoms. The van der Waals surface area contributed by atoms with Crippen LogP contribution in [0.5, 0.6) is 0 Å². The number of rotatable bonds is 4. The van der Waals surface area contributed by atoms with E-state index in [0.717, 1.165) is 28.8 Å². The molecule has 1 aliphatic heterocycles. The molecule has 3 rings (SSSR count). The Hall–Kier alpha value is -1.27. The third kappa shape index (κ3) is 4.71. The van der Waals surface area contributed by atoms with Gasteiger partial charge in [-0.05, 0) is 42.3 Å². The summed E-state index contributed by atoms with van der Waals surface area (Å²) in [7, 11) is 0. The van der Waals surface area contributed by atoms with Crippen molar-refractivity contribution in [1.29, 1.82) is 0 Å². The zero-order valence-corrected chi connectivity index (χ0v) is 17.3. The monoisotopic (exact) mass is 455 g/mol. The zero-order valence-electron chi connectivity index (χ0n) is 14.2. The van der Waals surface area contributed by atoms with Crippen molar-refractivity contribution in [2.75, 3.05) is 31.1 Å². The zero-order chi connectivity index (χ0) is 18.7. The lowest BCUT2D eigenvalue weighted by atomic mass is 10.0. The molecule has 1 amide bonds. The molecular weight excluding hydrogens is 437 g/mol. The maximum absolute atomic E-state index is 12.7. The van der Waals surface area contributed by atoms with E-state index in [1.807, 2.05) is 23.1 Å². The predicted molar refractivity (Wildman–Crippen MR) is 111 cm³/mol. The summed E-state index contributed by atoms with van der Waals surface area (Å²) in [4.78, 5) is 16.8. The van der Waals surface area contributed by atoms with Gasteiger partial charge in [-0.3, -0.25) is 4.79 Å². The number of hydrogen-bond donors (Lipinski definition) is 1. The maximum Gasteiger partial charge on any atom is 0.239 e. The Kier molecular flexibility index (Phi) is 6.46. The van der Waals surface area contributed by atoms with Crippen molar-refractivity contribution in [3.05, 3.63) is 62.5 Å². The molecule has 1 aliphatic rings. The molecule has 1 saturated heterocycles. The fraction of sp³-hybridized carbons (Fsp3) is 0.316. The molecule has 1 atom stereocenters.